The third-order valence-corrected chi connectivity index (χ3v) is 3.47. The molecule has 0 atom stereocenters. The highest BCUT2D eigenvalue weighted by Gasteiger charge is 2.02. The van der Waals surface area contributed by atoms with Gasteiger partial charge in [-0.15, -0.1) is 0 Å². The van der Waals surface area contributed by atoms with Gasteiger partial charge in [0.05, 0.1) is 0 Å². The van der Waals surface area contributed by atoms with Crippen molar-refractivity contribution in [2.24, 2.45) is 5.73 Å². The number of halogens is 2. The van der Waals surface area contributed by atoms with Crippen molar-refractivity contribution in [2.45, 2.75) is 6.54 Å². The summed E-state index contributed by atoms with van der Waals surface area (Å²) in [5, 5.41) is 6.46. The van der Waals surface area contributed by atoms with Crippen LogP contribution in [0.15, 0.2) is 46.9 Å². The van der Waals surface area contributed by atoms with E-state index in [9.17, 15) is 4.79 Å². The summed E-state index contributed by atoms with van der Waals surface area (Å²) in [6.07, 6.45) is 0. The number of primary amides is 1. The van der Waals surface area contributed by atoms with Gasteiger partial charge in [0.2, 0.25) is 0 Å². The predicted octanol–water partition coefficient (Wildman–Crippen LogP) is 4.21. The summed E-state index contributed by atoms with van der Waals surface area (Å²) in [6, 6.07) is 12.5. The van der Waals surface area contributed by atoms with Crippen LogP contribution in [0.2, 0.25) is 5.02 Å². The maximum Gasteiger partial charge on any atom is 0.316 e. The third kappa shape index (κ3) is 4.15. The molecule has 0 unspecified atom stereocenters. The maximum atomic E-state index is 10.8. The van der Waals surface area contributed by atoms with Gasteiger partial charge in [0, 0.05) is 27.4 Å². The molecule has 2 rings (SSSR count). The molecule has 0 bridgehead atoms. The Morgan fingerprint density at radius 3 is 2.65 bits per heavy atom. The molecule has 2 amide bonds. The van der Waals surface area contributed by atoms with Gasteiger partial charge in [0.1, 0.15) is 0 Å². The van der Waals surface area contributed by atoms with Crippen molar-refractivity contribution in [3.63, 3.8) is 0 Å². The molecule has 104 valence electrons. The van der Waals surface area contributed by atoms with E-state index >= 15 is 0 Å². The normalized spacial score (nSPS) is 10.1. The van der Waals surface area contributed by atoms with Gasteiger partial charge >= 0.3 is 6.03 Å². The number of nitrogens with one attached hydrogen (secondary N) is 2. The number of amides is 2. The summed E-state index contributed by atoms with van der Waals surface area (Å²) in [6.45, 7) is 0.589. The fourth-order valence-corrected chi connectivity index (χ4v) is 2.45. The average molecular weight is 355 g/mol. The zero-order valence-corrected chi connectivity index (χ0v) is 12.8. The topological polar surface area (TPSA) is 67.2 Å². The van der Waals surface area contributed by atoms with E-state index < -0.39 is 6.03 Å². The zero-order chi connectivity index (χ0) is 14.5. The molecule has 6 heteroatoms. The Hall–Kier alpha value is -1.72. The lowest BCUT2D eigenvalue weighted by molar-refractivity contribution is 0.259. The van der Waals surface area contributed by atoms with Crippen molar-refractivity contribution in [3.8, 4) is 0 Å². The molecule has 0 saturated heterocycles. The molecule has 4 N–H and O–H groups in total. The van der Waals surface area contributed by atoms with Crippen molar-refractivity contribution >= 4 is 44.9 Å². The lowest BCUT2D eigenvalue weighted by Crippen LogP contribution is -2.19. The van der Waals surface area contributed by atoms with Gasteiger partial charge in [-0.3, -0.25) is 0 Å². The molecule has 0 saturated carbocycles. The predicted molar refractivity (Wildman–Crippen MR) is 86.1 cm³/mol. The number of hydrogen-bond acceptors (Lipinski definition) is 2. The molecular weight excluding hydrogens is 342 g/mol. The first kappa shape index (κ1) is 14.7. The minimum atomic E-state index is -0.585. The molecule has 2 aromatic carbocycles. The van der Waals surface area contributed by atoms with Crippen LogP contribution in [0.5, 0.6) is 0 Å². The largest absolute Gasteiger partial charge is 0.381 e. The molecule has 20 heavy (non-hydrogen) atoms. The number of carbonyl (C=O) groups is 1. The van der Waals surface area contributed by atoms with Crippen molar-refractivity contribution in [3.05, 3.63) is 57.5 Å². The van der Waals surface area contributed by atoms with Crippen LogP contribution in [0.4, 0.5) is 16.2 Å². The fourth-order valence-electron chi connectivity index (χ4n) is 1.71. The summed E-state index contributed by atoms with van der Waals surface area (Å²) in [4.78, 5) is 10.8. The third-order valence-electron chi connectivity index (χ3n) is 2.63. The van der Waals surface area contributed by atoms with Crippen LogP contribution < -0.4 is 16.4 Å². The number of anilines is 2. The molecule has 0 aliphatic rings. The van der Waals surface area contributed by atoms with Gasteiger partial charge in [0.15, 0.2) is 0 Å². The van der Waals surface area contributed by atoms with Gasteiger partial charge in [-0.1, -0.05) is 39.7 Å². The van der Waals surface area contributed by atoms with E-state index in [0.717, 1.165) is 15.7 Å². The lowest BCUT2D eigenvalue weighted by Gasteiger charge is -2.10. The van der Waals surface area contributed by atoms with Gasteiger partial charge in [-0.2, -0.15) is 0 Å². The molecule has 0 radical (unpaired) electrons. The second-order valence-corrected chi connectivity index (χ2v) is 5.48. The molecular formula is C14H13BrClN3O. The van der Waals surface area contributed by atoms with Crippen molar-refractivity contribution in [2.75, 3.05) is 10.6 Å². The zero-order valence-electron chi connectivity index (χ0n) is 10.5. The van der Waals surface area contributed by atoms with Crippen LogP contribution in [0.3, 0.4) is 0 Å². The first-order valence-corrected chi connectivity index (χ1v) is 7.06. The van der Waals surface area contributed by atoms with Gasteiger partial charge in [-0.05, 0) is 35.9 Å². The molecule has 4 nitrogen and oxygen atoms in total. The van der Waals surface area contributed by atoms with E-state index in [1.165, 1.54) is 0 Å². The highest BCUT2D eigenvalue weighted by molar-refractivity contribution is 9.10. The molecule has 0 fully saturated rings. The quantitative estimate of drug-likeness (QED) is 0.770. The van der Waals surface area contributed by atoms with Crippen molar-refractivity contribution < 1.29 is 4.79 Å². The Morgan fingerprint density at radius 1 is 1.20 bits per heavy atom. The molecule has 0 aromatic heterocycles. The van der Waals surface area contributed by atoms with Crippen LogP contribution in [0.25, 0.3) is 0 Å². The number of rotatable bonds is 4. The highest BCUT2D eigenvalue weighted by Crippen LogP contribution is 2.23. The summed E-state index contributed by atoms with van der Waals surface area (Å²) < 4.78 is 0.943. The first-order chi connectivity index (χ1) is 9.54. The number of hydrogen-bond donors (Lipinski definition) is 3. The maximum absolute atomic E-state index is 10.8. The molecule has 0 aliphatic heterocycles. The molecule has 2 aromatic rings. The van der Waals surface area contributed by atoms with Gasteiger partial charge in [-0.25, -0.2) is 4.79 Å². The fraction of sp³-hybridized carbons (Fsp3) is 0.0714. The van der Waals surface area contributed by atoms with Crippen LogP contribution in [0.1, 0.15) is 5.56 Å². The van der Waals surface area contributed by atoms with Crippen LogP contribution >= 0.6 is 27.5 Å². The van der Waals surface area contributed by atoms with Gasteiger partial charge < -0.3 is 16.4 Å². The van der Waals surface area contributed by atoms with E-state index in [0.29, 0.717) is 17.3 Å². The molecule has 0 heterocycles. The minimum absolute atomic E-state index is 0.585. The Balaban J connectivity index is 2.05. The molecule has 0 spiro atoms. The number of urea groups is 1. The SMILES string of the molecule is NC(=O)Nc1cccc(NCc2ccc(Br)cc2Cl)c1. The van der Waals surface area contributed by atoms with E-state index in [-0.39, 0.29) is 0 Å². The Bertz CT molecular complexity index is 634. The van der Waals surface area contributed by atoms with Crippen molar-refractivity contribution in [1.82, 2.24) is 0 Å². The number of benzene rings is 2. The van der Waals surface area contributed by atoms with E-state index in [1.54, 1.807) is 12.1 Å². The Labute approximate surface area is 130 Å². The van der Waals surface area contributed by atoms with Crippen LogP contribution in [-0.2, 0) is 6.54 Å². The number of nitrogens with two attached hydrogens (primary N) is 1. The number of carbonyl (C=O) groups excluding carboxylic acids is 1. The van der Waals surface area contributed by atoms with Crippen molar-refractivity contribution in [1.29, 1.82) is 0 Å². The molecule has 0 aliphatic carbocycles. The summed E-state index contributed by atoms with van der Waals surface area (Å²) in [5.74, 6) is 0. The van der Waals surface area contributed by atoms with E-state index in [4.69, 9.17) is 17.3 Å². The highest BCUT2D eigenvalue weighted by atomic mass is 79.9. The monoisotopic (exact) mass is 353 g/mol. The summed E-state index contributed by atoms with van der Waals surface area (Å²) in [7, 11) is 0. The Morgan fingerprint density at radius 2 is 1.95 bits per heavy atom. The smallest absolute Gasteiger partial charge is 0.316 e. The Kier molecular flexibility index (Phi) is 4.87. The second kappa shape index (κ2) is 6.63. The summed E-state index contributed by atoms with van der Waals surface area (Å²) >= 11 is 9.52. The first-order valence-electron chi connectivity index (χ1n) is 5.89. The standard InChI is InChI=1S/C14H13BrClN3O/c15-10-5-4-9(13(16)6-10)8-18-11-2-1-3-12(7-11)19-14(17)20/h1-7,18H,8H2,(H3,17,19,20). The van der Waals surface area contributed by atoms with E-state index in [1.807, 2.05) is 30.3 Å². The van der Waals surface area contributed by atoms with E-state index in [2.05, 4.69) is 26.6 Å². The minimum Gasteiger partial charge on any atom is -0.381 e. The summed E-state index contributed by atoms with van der Waals surface area (Å²) in [5.41, 5.74) is 7.58. The van der Waals surface area contributed by atoms with Crippen LogP contribution in [-0.4, -0.2) is 6.03 Å². The van der Waals surface area contributed by atoms with Crippen LogP contribution in [0, 0.1) is 0 Å². The lowest BCUT2D eigenvalue weighted by atomic mass is 10.2. The average Bonchev–Trinajstić information content (AvgIpc) is 2.37. The second-order valence-electron chi connectivity index (χ2n) is 4.16. The van der Waals surface area contributed by atoms with Gasteiger partial charge in [0.25, 0.3) is 0 Å².